The van der Waals surface area contributed by atoms with Crippen LogP contribution < -0.4 is 4.90 Å². The second-order valence-corrected chi connectivity index (χ2v) is 5.85. The van der Waals surface area contributed by atoms with Crippen LogP contribution in [0.4, 0.5) is 18.9 Å². The van der Waals surface area contributed by atoms with Crippen LogP contribution >= 0.6 is 0 Å². The Bertz CT molecular complexity index is 795. The van der Waals surface area contributed by atoms with E-state index in [9.17, 15) is 18.0 Å². The maximum absolute atomic E-state index is 13.0. The van der Waals surface area contributed by atoms with E-state index in [0.29, 0.717) is 12.0 Å². The number of carbonyl (C=O) groups is 1. The maximum Gasteiger partial charge on any atom is 0.416 e. The molecule has 1 aliphatic rings. The van der Waals surface area contributed by atoms with Crippen molar-refractivity contribution < 1.29 is 18.0 Å². The van der Waals surface area contributed by atoms with Gasteiger partial charge in [-0.3, -0.25) is 4.79 Å². The number of carbonyl (C=O) groups excluding carboxylic acids is 1. The summed E-state index contributed by atoms with van der Waals surface area (Å²) in [6.07, 6.45) is -2.46. The Labute approximate surface area is 138 Å². The van der Waals surface area contributed by atoms with Crippen LogP contribution in [0.25, 0.3) is 0 Å². The van der Waals surface area contributed by atoms with Gasteiger partial charge in [0.25, 0.3) is 0 Å². The second-order valence-electron chi connectivity index (χ2n) is 5.85. The van der Waals surface area contributed by atoms with Gasteiger partial charge in [0.05, 0.1) is 5.56 Å². The van der Waals surface area contributed by atoms with Crippen molar-refractivity contribution in [3.8, 4) is 0 Å². The van der Waals surface area contributed by atoms with E-state index in [1.807, 2.05) is 24.3 Å². The summed E-state index contributed by atoms with van der Waals surface area (Å²) in [5.74, 6) is -0.164. The predicted octanol–water partition coefficient (Wildman–Crippen LogP) is 4.54. The Balaban J connectivity index is 2.20. The van der Waals surface area contributed by atoms with Crippen molar-refractivity contribution in [2.45, 2.75) is 18.0 Å². The van der Waals surface area contributed by atoms with Crippen molar-refractivity contribution >= 4 is 11.6 Å². The van der Waals surface area contributed by atoms with Crippen molar-refractivity contribution in [1.29, 1.82) is 0 Å². The van der Waals surface area contributed by atoms with Gasteiger partial charge in [0, 0.05) is 12.7 Å². The topological polar surface area (TPSA) is 20.3 Å². The summed E-state index contributed by atoms with van der Waals surface area (Å²) >= 11 is 0. The van der Waals surface area contributed by atoms with Gasteiger partial charge in [-0.25, -0.2) is 0 Å². The smallest absolute Gasteiger partial charge is 0.314 e. The summed E-state index contributed by atoms with van der Waals surface area (Å²) in [7, 11) is 1.68. The van der Waals surface area contributed by atoms with Crippen LogP contribution in [0.15, 0.2) is 61.2 Å². The van der Waals surface area contributed by atoms with E-state index >= 15 is 0 Å². The van der Waals surface area contributed by atoms with Crippen LogP contribution in [0.3, 0.4) is 0 Å². The molecule has 1 atom stereocenters. The summed E-state index contributed by atoms with van der Waals surface area (Å²) in [5, 5.41) is 0. The third-order valence-corrected chi connectivity index (χ3v) is 4.55. The van der Waals surface area contributed by atoms with E-state index in [2.05, 4.69) is 6.58 Å². The van der Waals surface area contributed by atoms with Crippen LogP contribution in [-0.2, 0) is 16.4 Å². The maximum atomic E-state index is 13.0. The molecule has 5 heteroatoms. The molecule has 0 N–H and O–H groups in total. The highest BCUT2D eigenvalue weighted by atomic mass is 19.4. The fourth-order valence-electron chi connectivity index (χ4n) is 3.39. The standard InChI is InChI=1S/C19H16F3NO/c1-3-12-18(13-8-10-14(11-9-13)19(20,21)22)15-6-4-5-7-16(15)23(2)17(18)24/h3-11H,1,12H2,2H3/t18-/m0/s1. The summed E-state index contributed by atoms with van der Waals surface area (Å²) in [6.45, 7) is 3.73. The molecular weight excluding hydrogens is 315 g/mol. The van der Waals surface area contributed by atoms with Crippen LogP contribution in [0.1, 0.15) is 23.1 Å². The molecule has 1 aliphatic heterocycles. The summed E-state index contributed by atoms with van der Waals surface area (Å²) in [4.78, 5) is 14.6. The number of hydrogen-bond acceptors (Lipinski definition) is 1. The SMILES string of the molecule is C=CC[C@@]1(c2ccc(C(F)(F)F)cc2)C(=O)N(C)c2ccccc21. The molecule has 3 rings (SSSR count). The largest absolute Gasteiger partial charge is 0.416 e. The Morgan fingerprint density at radius 1 is 1.12 bits per heavy atom. The zero-order valence-electron chi connectivity index (χ0n) is 13.1. The molecule has 0 spiro atoms. The lowest BCUT2D eigenvalue weighted by Crippen LogP contribution is -2.39. The molecule has 2 nitrogen and oxygen atoms in total. The second kappa shape index (κ2) is 5.51. The first-order chi connectivity index (χ1) is 11.3. The number of benzene rings is 2. The van der Waals surface area contributed by atoms with E-state index in [1.165, 1.54) is 12.1 Å². The average molecular weight is 331 g/mol. The fourth-order valence-corrected chi connectivity index (χ4v) is 3.39. The molecule has 124 valence electrons. The number of rotatable bonds is 3. The Morgan fingerprint density at radius 2 is 1.75 bits per heavy atom. The van der Waals surface area contributed by atoms with Crippen molar-refractivity contribution in [3.05, 3.63) is 77.9 Å². The number of halogens is 3. The highest BCUT2D eigenvalue weighted by molar-refractivity contribution is 6.10. The molecule has 0 aliphatic carbocycles. The van der Waals surface area contributed by atoms with Gasteiger partial charge in [0.2, 0.25) is 5.91 Å². The molecule has 0 aromatic heterocycles. The number of anilines is 1. The zero-order chi connectivity index (χ0) is 17.5. The Kier molecular flexibility index (Phi) is 3.74. The average Bonchev–Trinajstić information content (AvgIpc) is 2.78. The minimum atomic E-state index is -4.40. The molecule has 0 unspecified atom stereocenters. The molecule has 0 saturated heterocycles. The summed E-state index contributed by atoms with van der Waals surface area (Å²) in [6, 6.07) is 12.2. The monoisotopic (exact) mass is 331 g/mol. The molecule has 1 heterocycles. The van der Waals surface area contributed by atoms with Crippen molar-refractivity contribution in [3.63, 3.8) is 0 Å². The molecule has 1 amide bonds. The third kappa shape index (κ3) is 2.23. The fraction of sp³-hybridized carbons (Fsp3) is 0.211. The first kappa shape index (κ1) is 16.3. The highest BCUT2D eigenvalue weighted by Crippen LogP contribution is 2.48. The molecule has 0 saturated carbocycles. The van der Waals surface area contributed by atoms with Gasteiger partial charge in [0.1, 0.15) is 5.41 Å². The van der Waals surface area contributed by atoms with Crippen LogP contribution in [0, 0.1) is 0 Å². The number of alkyl halides is 3. The lowest BCUT2D eigenvalue weighted by Gasteiger charge is -2.28. The van der Waals surface area contributed by atoms with Crippen LogP contribution in [0.5, 0.6) is 0 Å². The predicted molar refractivity (Wildman–Crippen MR) is 86.9 cm³/mol. The molecule has 0 radical (unpaired) electrons. The number of allylic oxidation sites excluding steroid dienone is 1. The molecular formula is C19H16F3NO. The summed E-state index contributed by atoms with van der Waals surface area (Å²) in [5.41, 5.74) is 0.336. The number of para-hydroxylation sites is 1. The minimum absolute atomic E-state index is 0.164. The van der Waals surface area contributed by atoms with Gasteiger partial charge in [-0.15, -0.1) is 6.58 Å². The number of amides is 1. The first-order valence-corrected chi connectivity index (χ1v) is 7.48. The van der Waals surface area contributed by atoms with Gasteiger partial charge in [0.15, 0.2) is 0 Å². The van der Waals surface area contributed by atoms with E-state index < -0.39 is 17.2 Å². The lowest BCUT2D eigenvalue weighted by molar-refractivity contribution is -0.137. The minimum Gasteiger partial charge on any atom is -0.314 e. The molecule has 2 aromatic rings. The van der Waals surface area contributed by atoms with E-state index in [-0.39, 0.29) is 5.91 Å². The van der Waals surface area contributed by atoms with Gasteiger partial charge in [-0.2, -0.15) is 13.2 Å². The number of nitrogens with zero attached hydrogens (tertiary/aromatic N) is 1. The molecule has 0 bridgehead atoms. The van der Waals surface area contributed by atoms with E-state index in [4.69, 9.17) is 0 Å². The first-order valence-electron chi connectivity index (χ1n) is 7.48. The van der Waals surface area contributed by atoms with Gasteiger partial charge < -0.3 is 4.90 Å². The third-order valence-electron chi connectivity index (χ3n) is 4.55. The lowest BCUT2D eigenvalue weighted by atomic mass is 9.72. The van der Waals surface area contributed by atoms with Crippen molar-refractivity contribution in [2.24, 2.45) is 0 Å². The van der Waals surface area contributed by atoms with E-state index in [1.54, 1.807) is 18.0 Å². The number of hydrogen-bond donors (Lipinski definition) is 0. The van der Waals surface area contributed by atoms with E-state index in [0.717, 1.165) is 23.4 Å². The van der Waals surface area contributed by atoms with Crippen molar-refractivity contribution in [1.82, 2.24) is 0 Å². The van der Waals surface area contributed by atoms with Gasteiger partial charge in [-0.1, -0.05) is 36.4 Å². The summed E-state index contributed by atoms with van der Waals surface area (Å²) < 4.78 is 38.5. The molecule has 2 aromatic carbocycles. The quantitative estimate of drug-likeness (QED) is 0.756. The normalized spacial score (nSPS) is 20.2. The highest BCUT2D eigenvalue weighted by Gasteiger charge is 2.50. The van der Waals surface area contributed by atoms with Crippen LogP contribution in [0.2, 0.25) is 0 Å². The Morgan fingerprint density at radius 3 is 2.33 bits per heavy atom. The molecule has 0 fully saturated rings. The van der Waals surface area contributed by atoms with Gasteiger partial charge in [-0.05, 0) is 35.7 Å². The number of likely N-dealkylation sites (N-methyl/N-ethyl adjacent to an activating group) is 1. The van der Waals surface area contributed by atoms with Crippen LogP contribution in [-0.4, -0.2) is 13.0 Å². The van der Waals surface area contributed by atoms with Gasteiger partial charge >= 0.3 is 6.18 Å². The Hall–Kier alpha value is -2.56. The van der Waals surface area contributed by atoms with Crippen molar-refractivity contribution in [2.75, 3.05) is 11.9 Å². The number of fused-ring (bicyclic) bond motifs is 1. The zero-order valence-corrected chi connectivity index (χ0v) is 13.1. The molecule has 24 heavy (non-hydrogen) atoms.